The van der Waals surface area contributed by atoms with Gasteiger partial charge in [-0.05, 0) is 17.7 Å². The molecule has 2 amide bonds. The summed E-state index contributed by atoms with van der Waals surface area (Å²) in [6.07, 6.45) is 5.08. The lowest BCUT2D eigenvalue weighted by molar-refractivity contribution is -0.120. The highest BCUT2D eigenvalue weighted by atomic mass is 16.2. The molecule has 0 aliphatic carbocycles. The smallest absolute Gasteiger partial charge is 0.234 e. The maximum absolute atomic E-state index is 11.6. The highest BCUT2D eigenvalue weighted by molar-refractivity contribution is 5.92. The highest BCUT2D eigenvalue weighted by Gasteiger charge is 2.07. The van der Waals surface area contributed by atoms with E-state index in [4.69, 9.17) is 6.42 Å². The molecule has 1 aromatic rings. The second-order valence-corrected chi connectivity index (χ2v) is 4.93. The van der Waals surface area contributed by atoms with E-state index in [0.717, 1.165) is 11.3 Å². The third-order valence-electron chi connectivity index (χ3n) is 2.72. The van der Waals surface area contributed by atoms with Crippen molar-refractivity contribution >= 4 is 17.5 Å². The normalized spacial score (nSPS) is 10.0. The van der Waals surface area contributed by atoms with Crippen LogP contribution in [0.5, 0.6) is 0 Å². The lowest BCUT2D eigenvalue weighted by Gasteiger charge is -2.10. The number of amides is 2. The third kappa shape index (κ3) is 6.59. The van der Waals surface area contributed by atoms with E-state index in [-0.39, 0.29) is 24.3 Å². The molecule has 0 saturated carbocycles. The Morgan fingerprint density at radius 3 is 2.76 bits per heavy atom. The minimum atomic E-state index is -0.123. The Hall–Kier alpha value is -2.32. The fourth-order valence-electron chi connectivity index (χ4n) is 1.56. The Balaban J connectivity index is 2.47. The molecule has 112 valence electrons. The van der Waals surface area contributed by atoms with Gasteiger partial charge in [0.2, 0.25) is 11.8 Å². The molecule has 0 aliphatic heterocycles. The molecular formula is C16H21N3O2. The Morgan fingerprint density at radius 1 is 1.33 bits per heavy atom. The molecule has 5 nitrogen and oxygen atoms in total. The van der Waals surface area contributed by atoms with Crippen LogP contribution in [0.25, 0.3) is 0 Å². The van der Waals surface area contributed by atoms with E-state index in [1.807, 2.05) is 38.1 Å². The van der Waals surface area contributed by atoms with E-state index in [9.17, 15) is 9.59 Å². The first-order valence-corrected chi connectivity index (χ1v) is 6.83. The fourth-order valence-corrected chi connectivity index (χ4v) is 1.56. The van der Waals surface area contributed by atoms with E-state index in [1.165, 1.54) is 0 Å². The van der Waals surface area contributed by atoms with Gasteiger partial charge >= 0.3 is 0 Å². The summed E-state index contributed by atoms with van der Waals surface area (Å²) in [7, 11) is 0. The van der Waals surface area contributed by atoms with Crippen molar-refractivity contribution in [2.75, 3.05) is 18.4 Å². The number of carbonyl (C=O) groups excluding carboxylic acids is 2. The van der Waals surface area contributed by atoms with Gasteiger partial charge in [0.05, 0.1) is 13.1 Å². The summed E-state index contributed by atoms with van der Waals surface area (Å²) >= 11 is 0. The Kier molecular flexibility index (Phi) is 6.99. The molecule has 0 fully saturated rings. The standard InChI is InChI=1S/C16H21N3O2/c1-4-8-17-11-15(20)18-10-13-6-5-7-14(9-13)19-16(21)12(2)3/h1,5-7,9,12,17H,8,10-11H2,2-3H3,(H,18,20)(H,19,21). The summed E-state index contributed by atoms with van der Waals surface area (Å²) < 4.78 is 0. The van der Waals surface area contributed by atoms with Crippen molar-refractivity contribution in [3.05, 3.63) is 29.8 Å². The van der Waals surface area contributed by atoms with Crippen molar-refractivity contribution in [3.8, 4) is 12.3 Å². The van der Waals surface area contributed by atoms with Crippen LogP contribution in [0.15, 0.2) is 24.3 Å². The van der Waals surface area contributed by atoms with Crippen molar-refractivity contribution in [2.24, 2.45) is 5.92 Å². The molecule has 0 bridgehead atoms. The summed E-state index contributed by atoms with van der Waals surface area (Å²) in [5, 5.41) is 8.42. The number of hydrogen-bond donors (Lipinski definition) is 3. The maximum atomic E-state index is 11.6. The highest BCUT2D eigenvalue weighted by Crippen LogP contribution is 2.11. The minimum absolute atomic E-state index is 0.0327. The van der Waals surface area contributed by atoms with Gasteiger partial charge in [-0.2, -0.15) is 0 Å². The van der Waals surface area contributed by atoms with Crippen molar-refractivity contribution < 1.29 is 9.59 Å². The van der Waals surface area contributed by atoms with Crippen LogP contribution in [0, 0.1) is 18.3 Å². The van der Waals surface area contributed by atoms with E-state index >= 15 is 0 Å². The number of benzene rings is 1. The predicted molar refractivity (Wildman–Crippen MR) is 83.5 cm³/mol. The van der Waals surface area contributed by atoms with Crippen LogP contribution < -0.4 is 16.0 Å². The van der Waals surface area contributed by atoms with Gasteiger partial charge in [-0.3, -0.25) is 14.9 Å². The molecule has 5 heteroatoms. The molecule has 1 aromatic carbocycles. The topological polar surface area (TPSA) is 70.2 Å². The molecule has 0 unspecified atom stereocenters. The van der Waals surface area contributed by atoms with Gasteiger partial charge in [-0.15, -0.1) is 6.42 Å². The van der Waals surface area contributed by atoms with Crippen LogP contribution in [-0.4, -0.2) is 24.9 Å². The van der Waals surface area contributed by atoms with Gasteiger partial charge in [0.1, 0.15) is 0 Å². The largest absolute Gasteiger partial charge is 0.351 e. The summed E-state index contributed by atoms with van der Waals surface area (Å²) in [4.78, 5) is 23.2. The SMILES string of the molecule is C#CCNCC(=O)NCc1cccc(NC(=O)C(C)C)c1. The molecule has 0 aliphatic rings. The van der Waals surface area contributed by atoms with Gasteiger partial charge in [-0.1, -0.05) is 31.9 Å². The Bertz CT molecular complexity index is 533. The first-order valence-electron chi connectivity index (χ1n) is 6.83. The van der Waals surface area contributed by atoms with Crippen molar-refractivity contribution in [3.63, 3.8) is 0 Å². The van der Waals surface area contributed by atoms with Gasteiger partial charge in [0.25, 0.3) is 0 Å². The second-order valence-electron chi connectivity index (χ2n) is 4.93. The first kappa shape index (κ1) is 16.7. The number of carbonyl (C=O) groups is 2. The van der Waals surface area contributed by atoms with Crippen LogP contribution in [0.2, 0.25) is 0 Å². The lowest BCUT2D eigenvalue weighted by Crippen LogP contribution is -2.33. The van der Waals surface area contributed by atoms with Crippen LogP contribution in [0.4, 0.5) is 5.69 Å². The molecular weight excluding hydrogens is 266 g/mol. The van der Waals surface area contributed by atoms with Crippen molar-refractivity contribution in [1.29, 1.82) is 0 Å². The molecule has 0 aromatic heterocycles. The van der Waals surface area contributed by atoms with Crippen LogP contribution in [0.3, 0.4) is 0 Å². The quantitative estimate of drug-likeness (QED) is 0.520. The molecule has 1 rings (SSSR count). The molecule has 0 spiro atoms. The number of nitrogens with one attached hydrogen (secondary N) is 3. The second kappa shape index (κ2) is 8.77. The molecule has 0 heterocycles. The minimum Gasteiger partial charge on any atom is -0.351 e. The van der Waals surface area contributed by atoms with Crippen LogP contribution in [0.1, 0.15) is 19.4 Å². The first-order chi connectivity index (χ1) is 10.0. The van der Waals surface area contributed by atoms with Gasteiger partial charge in [0.15, 0.2) is 0 Å². The Morgan fingerprint density at radius 2 is 2.10 bits per heavy atom. The zero-order chi connectivity index (χ0) is 15.7. The van der Waals surface area contributed by atoms with Crippen molar-refractivity contribution in [2.45, 2.75) is 20.4 Å². The summed E-state index contributed by atoms with van der Waals surface area (Å²) in [6, 6.07) is 7.39. The fraction of sp³-hybridized carbons (Fsp3) is 0.375. The predicted octanol–water partition coefficient (Wildman–Crippen LogP) is 1.12. The van der Waals surface area contributed by atoms with E-state index < -0.39 is 0 Å². The summed E-state index contributed by atoms with van der Waals surface area (Å²) in [5.74, 6) is 2.17. The Labute approximate surface area is 125 Å². The van der Waals surface area contributed by atoms with E-state index in [0.29, 0.717) is 13.1 Å². The molecule has 0 saturated heterocycles. The molecule has 3 N–H and O–H groups in total. The van der Waals surface area contributed by atoms with E-state index in [1.54, 1.807) is 0 Å². The maximum Gasteiger partial charge on any atom is 0.234 e. The van der Waals surface area contributed by atoms with Crippen LogP contribution in [-0.2, 0) is 16.1 Å². The number of anilines is 1. The zero-order valence-corrected chi connectivity index (χ0v) is 12.4. The number of hydrogen-bond acceptors (Lipinski definition) is 3. The van der Waals surface area contributed by atoms with Crippen molar-refractivity contribution in [1.82, 2.24) is 10.6 Å². The average molecular weight is 287 g/mol. The monoisotopic (exact) mass is 287 g/mol. The summed E-state index contributed by atoms with van der Waals surface area (Å²) in [5.41, 5.74) is 1.65. The summed E-state index contributed by atoms with van der Waals surface area (Å²) in [6.45, 7) is 4.63. The molecule has 0 atom stereocenters. The third-order valence-corrected chi connectivity index (χ3v) is 2.72. The molecule has 0 radical (unpaired) electrons. The number of terminal acetylenes is 1. The molecule has 21 heavy (non-hydrogen) atoms. The van der Waals surface area contributed by atoms with Crippen LogP contribution >= 0.6 is 0 Å². The number of rotatable bonds is 7. The average Bonchev–Trinajstić information content (AvgIpc) is 2.45. The lowest BCUT2D eigenvalue weighted by atomic mass is 10.1. The van der Waals surface area contributed by atoms with Gasteiger partial charge in [0, 0.05) is 18.2 Å². The van der Waals surface area contributed by atoms with Gasteiger partial charge in [-0.25, -0.2) is 0 Å². The van der Waals surface area contributed by atoms with Gasteiger partial charge < -0.3 is 10.6 Å². The van der Waals surface area contributed by atoms with E-state index in [2.05, 4.69) is 21.9 Å². The zero-order valence-electron chi connectivity index (χ0n) is 12.4.